The van der Waals surface area contributed by atoms with Crippen molar-refractivity contribution < 1.29 is 14.3 Å². The highest BCUT2D eigenvalue weighted by Crippen LogP contribution is 2.25. The molecule has 0 aliphatic carbocycles. The van der Waals surface area contributed by atoms with Crippen molar-refractivity contribution >= 4 is 23.4 Å². The van der Waals surface area contributed by atoms with Gasteiger partial charge in [0, 0.05) is 54.8 Å². The number of benzene rings is 2. The third-order valence-corrected chi connectivity index (χ3v) is 5.71. The molecule has 160 valence electrons. The summed E-state index contributed by atoms with van der Waals surface area (Å²) in [6.07, 6.45) is 4.64. The molecule has 1 aliphatic heterocycles. The Labute approximate surface area is 186 Å². The number of methoxy groups -OCH3 is 1. The molecule has 3 aromatic rings. The monoisotopic (exact) mass is 437 g/mol. The first-order valence-electron chi connectivity index (χ1n) is 10.2. The van der Waals surface area contributed by atoms with Crippen LogP contribution in [-0.2, 0) is 0 Å². The molecule has 4 rings (SSSR count). The quantitative estimate of drug-likeness (QED) is 0.616. The smallest absolute Gasteiger partial charge is 0.257 e. The molecule has 0 atom stereocenters. The highest BCUT2D eigenvalue weighted by molar-refractivity contribution is 6.31. The van der Waals surface area contributed by atoms with E-state index in [-0.39, 0.29) is 11.8 Å². The van der Waals surface area contributed by atoms with Gasteiger partial charge in [0.25, 0.3) is 11.8 Å². The summed E-state index contributed by atoms with van der Waals surface area (Å²) >= 11 is 6.08. The minimum Gasteiger partial charge on any atom is -0.496 e. The number of hydrogen-bond acceptors (Lipinski definition) is 3. The fourth-order valence-electron chi connectivity index (χ4n) is 3.81. The van der Waals surface area contributed by atoms with Crippen LogP contribution in [0.5, 0.6) is 5.75 Å². The van der Waals surface area contributed by atoms with Gasteiger partial charge in [-0.25, -0.2) is 0 Å². The van der Waals surface area contributed by atoms with Gasteiger partial charge in [0.1, 0.15) is 5.75 Å². The van der Waals surface area contributed by atoms with Crippen molar-refractivity contribution in [2.45, 2.75) is 6.42 Å². The molecule has 1 aliphatic rings. The molecule has 0 N–H and O–H groups in total. The minimum absolute atomic E-state index is 0.0197. The summed E-state index contributed by atoms with van der Waals surface area (Å²) in [5, 5.41) is 0.485. The summed E-state index contributed by atoms with van der Waals surface area (Å²) in [5.41, 5.74) is 2.09. The Hall–Kier alpha value is -3.25. The second kappa shape index (κ2) is 9.27. The summed E-state index contributed by atoms with van der Waals surface area (Å²) in [5.74, 6) is 0.341. The van der Waals surface area contributed by atoms with Gasteiger partial charge < -0.3 is 19.1 Å². The number of amides is 2. The number of hydrogen-bond donors (Lipinski definition) is 0. The lowest BCUT2D eigenvalue weighted by atomic mass is 10.1. The van der Waals surface area contributed by atoms with Gasteiger partial charge in [-0.15, -0.1) is 0 Å². The Kier molecular flexibility index (Phi) is 6.28. The van der Waals surface area contributed by atoms with Crippen molar-refractivity contribution in [1.29, 1.82) is 0 Å². The molecular weight excluding hydrogens is 414 g/mol. The summed E-state index contributed by atoms with van der Waals surface area (Å²) < 4.78 is 7.32. The first-order valence-corrected chi connectivity index (χ1v) is 10.6. The molecule has 7 heteroatoms. The van der Waals surface area contributed by atoms with Gasteiger partial charge in [0.2, 0.25) is 0 Å². The van der Waals surface area contributed by atoms with Gasteiger partial charge in [-0.2, -0.15) is 0 Å². The van der Waals surface area contributed by atoms with E-state index in [1.54, 1.807) is 23.1 Å². The van der Waals surface area contributed by atoms with Gasteiger partial charge in [-0.1, -0.05) is 11.6 Å². The van der Waals surface area contributed by atoms with Crippen LogP contribution in [-0.4, -0.2) is 59.5 Å². The average molecular weight is 438 g/mol. The Morgan fingerprint density at radius 3 is 2.16 bits per heavy atom. The van der Waals surface area contributed by atoms with Crippen LogP contribution in [0.2, 0.25) is 5.02 Å². The van der Waals surface area contributed by atoms with Crippen LogP contribution in [0.1, 0.15) is 27.1 Å². The van der Waals surface area contributed by atoms with Gasteiger partial charge in [-0.05, 0) is 61.0 Å². The summed E-state index contributed by atoms with van der Waals surface area (Å²) in [6.45, 7) is 2.12. The van der Waals surface area contributed by atoms with Crippen molar-refractivity contribution in [3.63, 3.8) is 0 Å². The number of aromatic nitrogens is 1. The van der Waals surface area contributed by atoms with Gasteiger partial charge in [-0.3, -0.25) is 9.59 Å². The SMILES string of the molecule is COc1ccc(Cl)cc1C(=O)N1CCCN(C(=O)c2ccc(-n3cccc3)cc2)CC1. The van der Waals surface area contributed by atoms with E-state index in [9.17, 15) is 9.59 Å². The zero-order chi connectivity index (χ0) is 21.8. The van der Waals surface area contributed by atoms with E-state index >= 15 is 0 Å². The van der Waals surface area contributed by atoms with E-state index < -0.39 is 0 Å². The lowest BCUT2D eigenvalue weighted by Crippen LogP contribution is -2.37. The first kappa shape index (κ1) is 21.0. The normalized spacial score (nSPS) is 14.3. The summed E-state index contributed by atoms with van der Waals surface area (Å²) in [7, 11) is 1.53. The predicted octanol–water partition coefficient (Wildman–Crippen LogP) is 4.13. The van der Waals surface area contributed by atoms with Gasteiger partial charge >= 0.3 is 0 Å². The van der Waals surface area contributed by atoms with Crippen LogP contribution in [0.4, 0.5) is 0 Å². The number of ether oxygens (including phenoxy) is 1. The molecule has 1 aromatic heterocycles. The number of carbonyl (C=O) groups excluding carboxylic acids is 2. The fraction of sp³-hybridized carbons (Fsp3) is 0.250. The Morgan fingerprint density at radius 2 is 1.52 bits per heavy atom. The van der Waals surface area contributed by atoms with Gasteiger partial charge in [0.05, 0.1) is 12.7 Å². The van der Waals surface area contributed by atoms with Crippen molar-refractivity contribution in [3.8, 4) is 11.4 Å². The number of nitrogens with zero attached hydrogens (tertiary/aromatic N) is 3. The molecule has 31 heavy (non-hydrogen) atoms. The third kappa shape index (κ3) is 4.59. The second-order valence-corrected chi connectivity index (χ2v) is 7.86. The molecule has 2 aromatic carbocycles. The molecule has 0 spiro atoms. The molecule has 2 heterocycles. The topological polar surface area (TPSA) is 54.8 Å². The van der Waals surface area contributed by atoms with E-state index in [1.165, 1.54) is 7.11 Å². The van der Waals surface area contributed by atoms with Crippen LogP contribution in [0.3, 0.4) is 0 Å². The maximum Gasteiger partial charge on any atom is 0.257 e. The molecule has 1 saturated heterocycles. The molecule has 0 unspecified atom stereocenters. The van der Waals surface area contributed by atoms with Crippen LogP contribution >= 0.6 is 11.6 Å². The van der Waals surface area contributed by atoms with E-state index in [0.717, 1.165) is 5.69 Å². The molecule has 0 saturated carbocycles. The Bertz CT molecular complexity index is 1060. The van der Waals surface area contributed by atoms with Gasteiger partial charge in [0.15, 0.2) is 0 Å². The molecular formula is C24H24ClN3O3. The maximum atomic E-state index is 13.1. The van der Waals surface area contributed by atoms with Crippen LogP contribution in [0.15, 0.2) is 67.0 Å². The maximum absolute atomic E-state index is 13.1. The van der Waals surface area contributed by atoms with Crippen LogP contribution in [0, 0.1) is 0 Å². The molecule has 6 nitrogen and oxygen atoms in total. The zero-order valence-electron chi connectivity index (χ0n) is 17.3. The highest BCUT2D eigenvalue weighted by Gasteiger charge is 2.25. The van der Waals surface area contributed by atoms with E-state index in [4.69, 9.17) is 16.3 Å². The zero-order valence-corrected chi connectivity index (χ0v) is 18.1. The number of rotatable bonds is 4. The fourth-order valence-corrected chi connectivity index (χ4v) is 3.98. The average Bonchev–Trinajstić information content (AvgIpc) is 3.23. The van der Waals surface area contributed by atoms with E-state index in [1.807, 2.05) is 58.3 Å². The van der Waals surface area contributed by atoms with Crippen molar-refractivity contribution in [2.75, 3.05) is 33.3 Å². The minimum atomic E-state index is -0.135. The Morgan fingerprint density at radius 1 is 0.871 bits per heavy atom. The lowest BCUT2D eigenvalue weighted by molar-refractivity contribution is 0.0717. The number of halogens is 1. The second-order valence-electron chi connectivity index (χ2n) is 7.42. The largest absolute Gasteiger partial charge is 0.496 e. The molecule has 0 radical (unpaired) electrons. The van der Waals surface area contributed by atoms with Crippen LogP contribution in [0.25, 0.3) is 5.69 Å². The van der Waals surface area contributed by atoms with E-state index in [0.29, 0.717) is 54.5 Å². The first-order chi connectivity index (χ1) is 15.1. The molecule has 1 fully saturated rings. The Balaban J connectivity index is 1.43. The highest BCUT2D eigenvalue weighted by atomic mass is 35.5. The van der Waals surface area contributed by atoms with Crippen molar-refractivity contribution in [3.05, 3.63) is 83.1 Å². The standard InChI is InChI=1S/C24H24ClN3O3/c1-31-22-10-7-19(25)17-21(22)24(30)28-14-4-13-27(15-16-28)23(29)18-5-8-20(9-6-18)26-11-2-3-12-26/h2-3,5-12,17H,4,13-16H2,1H3. The van der Waals surface area contributed by atoms with Crippen molar-refractivity contribution in [2.24, 2.45) is 0 Å². The lowest BCUT2D eigenvalue weighted by Gasteiger charge is -2.23. The van der Waals surface area contributed by atoms with Crippen molar-refractivity contribution in [1.82, 2.24) is 14.4 Å². The summed E-state index contributed by atoms with van der Waals surface area (Å²) in [6, 6.07) is 16.5. The molecule has 2 amide bonds. The summed E-state index contributed by atoms with van der Waals surface area (Å²) in [4.78, 5) is 29.7. The van der Waals surface area contributed by atoms with Crippen LogP contribution < -0.4 is 4.74 Å². The molecule has 0 bridgehead atoms. The van der Waals surface area contributed by atoms with E-state index in [2.05, 4.69) is 0 Å². The third-order valence-electron chi connectivity index (χ3n) is 5.48. The number of carbonyl (C=O) groups is 2. The predicted molar refractivity (Wildman–Crippen MR) is 120 cm³/mol.